The minimum Gasteiger partial charge on any atom is -0.462 e. The summed E-state index contributed by atoms with van der Waals surface area (Å²) in [6, 6.07) is 17.2. The zero-order valence-corrected chi connectivity index (χ0v) is 22.1. The lowest BCUT2D eigenvalue weighted by Gasteiger charge is -2.38. The molecular weight excluding hydrogens is 464 g/mol. The summed E-state index contributed by atoms with van der Waals surface area (Å²) in [5.41, 5.74) is 2.56. The minimum atomic E-state index is -0.635. The normalized spacial score (nSPS) is 25.5. The van der Waals surface area contributed by atoms with Crippen LogP contribution in [0.3, 0.4) is 0 Å². The Labute approximate surface area is 220 Å². The summed E-state index contributed by atoms with van der Waals surface area (Å²) in [7, 11) is 0. The van der Waals surface area contributed by atoms with Crippen LogP contribution in [-0.4, -0.2) is 30.4 Å². The highest BCUT2D eigenvalue weighted by Gasteiger charge is 2.40. The summed E-state index contributed by atoms with van der Waals surface area (Å²) >= 11 is 0. The molecule has 1 saturated carbocycles. The molecule has 0 amide bonds. The molecule has 5 atom stereocenters. The van der Waals surface area contributed by atoms with Gasteiger partial charge in [-0.05, 0) is 54.6 Å². The van der Waals surface area contributed by atoms with Crippen molar-refractivity contribution in [3.63, 3.8) is 0 Å². The van der Waals surface area contributed by atoms with Crippen LogP contribution in [0.15, 0.2) is 66.7 Å². The highest BCUT2D eigenvalue weighted by Crippen LogP contribution is 2.37. The number of carbonyl (C=O) groups excluding carboxylic acids is 3. The Morgan fingerprint density at radius 2 is 1.46 bits per heavy atom. The number of Topliss-reactive ketones (excluding diaryl/α,β-unsaturated/α-hetero) is 1. The van der Waals surface area contributed by atoms with Crippen LogP contribution in [0.25, 0.3) is 11.1 Å². The highest BCUT2D eigenvalue weighted by atomic mass is 16.5. The Morgan fingerprint density at radius 3 is 2.11 bits per heavy atom. The van der Waals surface area contributed by atoms with Crippen LogP contribution in [-0.2, 0) is 19.1 Å². The van der Waals surface area contributed by atoms with Crippen LogP contribution in [0.5, 0.6) is 0 Å². The van der Waals surface area contributed by atoms with E-state index in [1.807, 2.05) is 54.6 Å². The third-order valence-electron chi connectivity index (χ3n) is 7.93. The van der Waals surface area contributed by atoms with Crippen molar-refractivity contribution in [3.8, 4) is 11.1 Å². The van der Waals surface area contributed by atoms with Gasteiger partial charge in [-0.1, -0.05) is 93.9 Å². The second-order valence-corrected chi connectivity index (χ2v) is 10.9. The van der Waals surface area contributed by atoms with Crippen molar-refractivity contribution >= 4 is 17.7 Å². The van der Waals surface area contributed by atoms with Crippen molar-refractivity contribution in [1.82, 2.24) is 0 Å². The van der Waals surface area contributed by atoms with Crippen LogP contribution in [0.2, 0.25) is 0 Å². The van der Waals surface area contributed by atoms with E-state index < -0.39 is 17.8 Å². The highest BCUT2D eigenvalue weighted by molar-refractivity contribution is 5.98. The van der Waals surface area contributed by atoms with Gasteiger partial charge >= 0.3 is 11.9 Å². The molecule has 0 spiro atoms. The Kier molecular flexibility index (Phi) is 8.96. The van der Waals surface area contributed by atoms with E-state index in [2.05, 4.69) is 20.8 Å². The van der Waals surface area contributed by atoms with Crippen molar-refractivity contribution in [2.24, 2.45) is 29.6 Å². The van der Waals surface area contributed by atoms with Gasteiger partial charge in [0, 0.05) is 5.56 Å². The first-order valence-electron chi connectivity index (χ1n) is 13.5. The summed E-state index contributed by atoms with van der Waals surface area (Å²) < 4.78 is 11.5. The maximum atomic E-state index is 13.2. The van der Waals surface area contributed by atoms with Crippen molar-refractivity contribution in [2.45, 2.75) is 59.0 Å². The molecular formula is C32H38O5. The van der Waals surface area contributed by atoms with Crippen molar-refractivity contribution in [2.75, 3.05) is 6.61 Å². The topological polar surface area (TPSA) is 69.7 Å². The van der Waals surface area contributed by atoms with E-state index in [9.17, 15) is 14.4 Å². The summed E-state index contributed by atoms with van der Waals surface area (Å²) in [5, 5.41) is 0. The van der Waals surface area contributed by atoms with Crippen molar-refractivity contribution < 1.29 is 23.9 Å². The quantitative estimate of drug-likeness (QED) is 0.229. The Bertz CT molecular complexity index is 1100. The number of carbonyl (C=O) groups is 3. The predicted octanol–water partition coefficient (Wildman–Crippen LogP) is 6.67. The first-order valence-corrected chi connectivity index (χ1v) is 13.5. The van der Waals surface area contributed by atoms with Gasteiger partial charge in [0.25, 0.3) is 0 Å². The van der Waals surface area contributed by atoms with E-state index in [4.69, 9.17) is 9.47 Å². The summed E-state index contributed by atoms with van der Waals surface area (Å²) in [6.07, 6.45) is 7.65. The van der Waals surface area contributed by atoms with Crippen molar-refractivity contribution in [3.05, 3.63) is 72.3 Å². The maximum absolute atomic E-state index is 13.2. The fourth-order valence-electron chi connectivity index (χ4n) is 5.63. The standard InChI is InChI=1S/C32H38O5/c1-21(2)26-18-13-22(3)19-30(26)37-32(35)28-12-8-7-11-27(28)31(34)36-20-29(33)25-16-14-24(15-17-25)23-9-5-4-6-10-23/h4-10,14-17,21-22,26-28,30H,11-13,18-20H2,1-3H3/t22-,26+,27+,28-,30-/m1/s1. The van der Waals surface area contributed by atoms with Gasteiger partial charge in [-0.3, -0.25) is 14.4 Å². The third kappa shape index (κ3) is 6.76. The molecule has 2 aromatic carbocycles. The number of benzene rings is 2. The van der Waals surface area contributed by atoms with E-state index in [1.165, 1.54) is 0 Å². The molecule has 2 aliphatic carbocycles. The van der Waals surface area contributed by atoms with Crippen LogP contribution in [0, 0.1) is 29.6 Å². The van der Waals surface area contributed by atoms with Gasteiger partial charge in [0.05, 0.1) is 11.8 Å². The number of rotatable bonds is 8. The zero-order valence-electron chi connectivity index (χ0n) is 22.1. The Morgan fingerprint density at radius 1 is 0.838 bits per heavy atom. The summed E-state index contributed by atoms with van der Waals surface area (Å²) in [4.78, 5) is 38.9. The molecule has 37 heavy (non-hydrogen) atoms. The van der Waals surface area contributed by atoms with Crippen molar-refractivity contribution in [1.29, 1.82) is 0 Å². The lowest BCUT2D eigenvalue weighted by atomic mass is 9.75. The van der Waals surface area contributed by atoms with Crippen LogP contribution in [0.1, 0.15) is 63.2 Å². The predicted molar refractivity (Wildman–Crippen MR) is 144 cm³/mol. The molecule has 0 saturated heterocycles. The first-order chi connectivity index (χ1) is 17.8. The monoisotopic (exact) mass is 502 g/mol. The van der Waals surface area contributed by atoms with Gasteiger partial charge in [0.2, 0.25) is 0 Å². The molecule has 0 aliphatic heterocycles. The number of esters is 2. The fourth-order valence-corrected chi connectivity index (χ4v) is 5.63. The van der Waals surface area contributed by atoms with Crippen LogP contribution >= 0.6 is 0 Å². The molecule has 4 rings (SSSR count). The minimum absolute atomic E-state index is 0.112. The van der Waals surface area contributed by atoms with E-state index in [0.717, 1.165) is 30.4 Å². The average molecular weight is 503 g/mol. The van der Waals surface area contributed by atoms with Gasteiger partial charge in [-0.2, -0.15) is 0 Å². The average Bonchev–Trinajstić information content (AvgIpc) is 2.92. The van der Waals surface area contributed by atoms with E-state index in [-0.39, 0.29) is 24.5 Å². The Hall–Kier alpha value is -3.21. The van der Waals surface area contributed by atoms with Gasteiger partial charge in [-0.15, -0.1) is 0 Å². The molecule has 1 fully saturated rings. The number of hydrogen-bond acceptors (Lipinski definition) is 5. The lowest BCUT2D eigenvalue weighted by Crippen LogP contribution is -2.40. The molecule has 5 nitrogen and oxygen atoms in total. The van der Waals surface area contributed by atoms with Crippen LogP contribution in [0.4, 0.5) is 0 Å². The molecule has 196 valence electrons. The Balaban J connectivity index is 1.35. The number of ether oxygens (including phenoxy) is 2. The molecule has 2 aliphatic rings. The molecule has 5 heteroatoms. The lowest BCUT2D eigenvalue weighted by molar-refractivity contribution is -0.168. The smallest absolute Gasteiger partial charge is 0.310 e. The molecule has 0 aromatic heterocycles. The summed E-state index contributed by atoms with van der Waals surface area (Å²) in [5.74, 6) is -1.02. The molecule has 2 aromatic rings. The second kappa shape index (κ2) is 12.4. The van der Waals surface area contributed by atoms with Gasteiger partial charge in [-0.25, -0.2) is 0 Å². The third-order valence-corrected chi connectivity index (χ3v) is 7.93. The van der Waals surface area contributed by atoms with Gasteiger partial charge in [0.1, 0.15) is 6.10 Å². The molecule has 0 heterocycles. The van der Waals surface area contributed by atoms with E-state index in [1.54, 1.807) is 12.1 Å². The van der Waals surface area contributed by atoms with E-state index >= 15 is 0 Å². The molecule has 0 N–H and O–H groups in total. The number of ketones is 1. The molecule has 0 unspecified atom stereocenters. The SMILES string of the molecule is CC(C)[C@@H]1CC[C@@H](C)C[C@H]1OC(=O)[C@@H]1CC=CC[C@@H]1C(=O)OCC(=O)c1ccc(-c2ccccc2)cc1. The van der Waals surface area contributed by atoms with Gasteiger partial charge in [0.15, 0.2) is 12.4 Å². The number of allylic oxidation sites excluding steroid dienone is 2. The number of hydrogen-bond donors (Lipinski definition) is 0. The van der Waals surface area contributed by atoms with Crippen LogP contribution < -0.4 is 0 Å². The fraction of sp³-hybridized carbons (Fsp3) is 0.469. The first kappa shape index (κ1) is 26.8. The van der Waals surface area contributed by atoms with E-state index in [0.29, 0.717) is 36.2 Å². The largest absolute Gasteiger partial charge is 0.462 e. The summed E-state index contributed by atoms with van der Waals surface area (Å²) in [6.45, 7) is 6.21. The second-order valence-electron chi connectivity index (χ2n) is 10.9. The molecule has 0 bridgehead atoms. The maximum Gasteiger partial charge on any atom is 0.310 e. The van der Waals surface area contributed by atoms with Gasteiger partial charge < -0.3 is 9.47 Å². The molecule has 0 radical (unpaired) electrons. The zero-order chi connectivity index (χ0) is 26.4.